The number of carbonyl (C=O) groups excluding carboxylic acids is 17. The summed E-state index contributed by atoms with van der Waals surface area (Å²) in [5, 5.41) is 78.9. The minimum atomic E-state index is -1.95. The molecule has 0 spiro atoms. The fourth-order valence-corrected chi connectivity index (χ4v) is 16.6. The molecule has 3 aromatic carbocycles. The van der Waals surface area contributed by atoms with Gasteiger partial charge in [-0.25, -0.2) is 0 Å². The molecule has 2 aromatic heterocycles. The number of amides is 17. The Labute approximate surface area is 757 Å². The third-order valence-electron chi connectivity index (χ3n) is 23.2. The molecular weight excluding hydrogens is 1730 g/mol. The number of nitrogens with zero attached hydrogens (tertiary/aromatic N) is 5. The third kappa shape index (κ3) is 28.6. The number of unbranched alkanes of at least 4 members (excludes halogenated alkanes) is 2. The van der Waals surface area contributed by atoms with Gasteiger partial charge in [0.15, 0.2) is 0 Å². The molecule has 0 bridgehead atoms. The summed E-state index contributed by atoms with van der Waals surface area (Å²) in [6.07, 6.45) is -2.23. The van der Waals surface area contributed by atoms with Crippen molar-refractivity contribution < 1.29 is 117 Å². The van der Waals surface area contributed by atoms with Gasteiger partial charge in [-0.15, -0.1) is 11.8 Å². The van der Waals surface area contributed by atoms with E-state index in [2.05, 4.69) is 63.1 Å². The third-order valence-corrected chi connectivity index (χ3v) is 24.2. The largest absolute Gasteiger partial charge is 0.508 e. The van der Waals surface area contributed by atoms with Crippen molar-refractivity contribution in [2.24, 2.45) is 17.2 Å². The number of phenols is 1. The number of primary amides is 2. The number of fused-ring (bicyclic) bond motifs is 4. The normalized spacial score (nSPS) is 25.1. The highest BCUT2D eigenvalue weighted by atomic mass is 32.2. The fourth-order valence-electron chi connectivity index (χ4n) is 15.8. The number of nitrogens with two attached hydrogens (primary N) is 3. The maximum absolute atomic E-state index is 15.6. The number of carboxylic acids is 2. The Kier molecular flexibility index (Phi) is 38.5. The number of likely N-dealkylation sites (N-methyl/N-ethyl adjacent to an activating group) is 3. The first-order valence-corrected chi connectivity index (χ1v) is 44.3. The van der Waals surface area contributed by atoms with Gasteiger partial charge in [0.1, 0.15) is 90.3 Å². The van der Waals surface area contributed by atoms with Gasteiger partial charge in [0, 0.05) is 119 Å². The van der Waals surface area contributed by atoms with Crippen LogP contribution in [0.4, 0.5) is 0 Å². The first-order chi connectivity index (χ1) is 62.3. The lowest BCUT2D eigenvalue weighted by Crippen LogP contribution is -2.62. The standard InChI is InChI=1S/C86H118N20O24S/c1-7-9-20-64-79(123)94-55(28-30-71(113)114)75(119)101-63(74(118)92-40-69(89)111)43-131-44-70(112)93-58(32-46-23-25-49(108)26-24-46)82(126)102(4)45(3)73(117)97-60(36-72(115)116)85(129)105-31-15-22-65(105)80(124)99-61(37-87)77(121)95-56(27-29-68(88)110)84(128)106-41-50(109)35-67(106)81(125)96-57(33-47-38-90-53-18-13-11-16-51(47)53)76(120)100-62(42-107)78(122)98-59(34-48-39-91-54-19-14-12-17-52(48)54)83(127)104(6)66(21-10-8-2)86(130)103(64)5/h11-14,16-19,23-26,38-39,45,50,55-67,90-91,107-109H,7-10,15,20-22,27-37,40-44,87H2,1-6H3,(H2,88,110)(H2,89,111)(H,92,118)(H,93,112)(H,94,123)(H,95,121)(H,96,125)(H,97,117)(H,98,122)(H,99,124)(H,100,120)(H,101,119)(H,113,114)(H,115,116)/t45-,50+,55-,56-,57-,58-,59-,60-,61-,62-,63-,64-,65-,66-,67-/m0/s1. The van der Waals surface area contributed by atoms with Gasteiger partial charge >= 0.3 is 11.9 Å². The molecule has 0 saturated carbocycles. The summed E-state index contributed by atoms with van der Waals surface area (Å²) in [6.45, 7) is 1.34. The van der Waals surface area contributed by atoms with E-state index in [4.69, 9.17) is 17.2 Å². The van der Waals surface area contributed by atoms with Gasteiger partial charge in [-0.3, -0.25) is 91.1 Å². The number of aromatic amines is 2. The minimum Gasteiger partial charge on any atom is -0.508 e. The second-order valence-corrected chi connectivity index (χ2v) is 33.7. The number of aliphatic carboxylic acids is 2. The average Bonchev–Trinajstić information content (AvgIpc) is 1.80. The second kappa shape index (κ2) is 48.9. The number of para-hydroxylation sites is 2. The molecule has 44 nitrogen and oxygen atoms in total. The average molecular weight is 1850 g/mol. The predicted molar refractivity (Wildman–Crippen MR) is 472 cm³/mol. The van der Waals surface area contributed by atoms with Crippen LogP contribution < -0.4 is 70.4 Å². The smallest absolute Gasteiger partial charge is 0.305 e. The number of carboxylic acid groups (broad SMARTS) is 2. The number of carbonyl (C=O) groups is 19. The Morgan fingerprint density at radius 2 is 1.02 bits per heavy atom. The van der Waals surface area contributed by atoms with Gasteiger partial charge in [-0.2, -0.15) is 0 Å². The molecule has 17 amide bonds. The van der Waals surface area contributed by atoms with E-state index in [1.165, 1.54) is 45.3 Å². The van der Waals surface area contributed by atoms with Crippen molar-refractivity contribution >= 4 is 146 Å². The Hall–Kier alpha value is -13.3. The lowest BCUT2D eigenvalue weighted by atomic mass is 10.00. The zero-order chi connectivity index (χ0) is 96.2. The van der Waals surface area contributed by atoms with Crippen LogP contribution in [0.3, 0.4) is 0 Å². The van der Waals surface area contributed by atoms with E-state index in [1.807, 2.05) is 0 Å². The molecule has 0 unspecified atom stereocenters. The summed E-state index contributed by atoms with van der Waals surface area (Å²) in [6, 6.07) is -4.42. The van der Waals surface area contributed by atoms with Crippen molar-refractivity contribution in [1.29, 1.82) is 0 Å². The lowest BCUT2D eigenvalue weighted by Gasteiger charge is -2.36. The number of nitrogens with one attached hydrogen (secondary N) is 12. The monoisotopic (exact) mass is 1850 g/mol. The summed E-state index contributed by atoms with van der Waals surface area (Å²) < 4.78 is 0. The quantitative estimate of drug-likeness (QED) is 0.0262. The van der Waals surface area contributed by atoms with Crippen molar-refractivity contribution in [3.05, 3.63) is 102 Å². The molecule has 3 aliphatic heterocycles. The van der Waals surface area contributed by atoms with Crippen LogP contribution in [0, 0.1) is 0 Å². The molecule has 23 N–H and O–H groups in total. The number of thioether (sulfide) groups is 1. The number of aliphatic hydroxyl groups is 2. The summed E-state index contributed by atoms with van der Waals surface area (Å²) in [5.41, 5.74) is 19.5. The summed E-state index contributed by atoms with van der Waals surface area (Å²) >= 11 is 0.683. The molecular formula is C86H118N20O24S. The van der Waals surface area contributed by atoms with Gasteiger partial charge < -0.3 is 130 Å². The zero-order valence-electron chi connectivity index (χ0n) is 73.6. The number of aromatic hydroxyl groups is 1. The van der Waals surface area contributed by atoms with Crippen LogP contribution in [-0.4, -0.2) is 328 Å². The van der Waals surface area contributed by atoms with E-state index in [1.54, 1.807) is 74.8 Å². The second-order valence-electron chi connectivity index (χ2n) is 32.7. The highest BCUT2D eigenvalue weighted by Crippen LogP contribution is 2.28. The molecule has 3 fully saturated rings. The summed E-state index contributed by atoms with van der Waals surface area (Å²) in [4.78, 5) is 282. The molecule has 45 heteroatoms. The van der Waals surface area contributed by atoms with Crippen molar-refractivity contribution in [3.63, 3.8) is 0 Å². The molecule has 0 radical (unpaired) electrons. The van der Waals surface area contributed by atoms with Gasteiger partial charge in [0.2, 0.25) is 100 Å². The maximum atomic E-state index is 15.6. The summed E-state index contributed by atoms with van der Waals surface area (Å²) in [7, 11) is 3.71. The van der Waals surface area contributed by atoms with E-state index in [-0.39, 0.29) is 70.1 Å². The minimum absolute atomic E-state index is 0.0634. The fraction of sp³-hybridized carbons (Fsp3) is 0.523. The van der Waals surface area contributed by atoms with Crippen LogP contribution in [0.25, 0.3) is 21.8 Å². The molecule has 712 valence electrons. The summed E-state index contributed by atoms with van der Waals surface area (Å²) in [5.74, 6) is -22.1. The van der Waals surface area contributed by atoms with Crippen molar-refractivity contribution in [3.8, 4) is 5.75 Å². The van der Waals surface area contributed by atoms with Crippen LogP contribution in [0.5, 0.6) is 5.75 Å². The van der Waals surface area contributed by atoms with Gasteiger partial charge in [0.25, 0.3) is 0 Å². The number of aromatic nitrogens is 2. The zero-order valence-corrected chi connectivity index (χ0v) is 74.4. The highest BCUT2D eigenvalue weighted by molar-refractivity contribution is 8.00. The molecule has 0 aliphatic carbocycles. The molecule has 5 aromatic rings. The number of hydrogen-bond donors (Lipinski definition) is 20. The Balaban J connectivity index is 1.19. The number of phenolic OH excluding ortho intramolecular Hbond substituents is 1. The van der Waals surface area contributed by atoms with E-state index in [9.17, 15) is 83.1 Å². The Morgan fingerprint density at radius 1 is 0.511 bits per heavy atom. The van der Waals surface area contributed by atoms with E-state index < -0.39 is 279 Å². The molecule has 15 atom stereocenters. The highest BCUT2D eigenvalue weighted by Gasteiger charge is 2.47. The molecule has 131 heavy (non-hydrogen) atoms. The SMILES string of the molecule is CCCC[C@H]1C(=O)N(C)[C@@H](CCCC)C(=O)N[C@@H](CCC(=O)O)C(=O)N[C@H](C(=O)NCC(N)=O)CSCC(=O)N[C@@H](Cc2ccc(O)cc2)C(=O)N(C)[C@@H](C)C(=O)N[C@@H](CC(=O)O)C(=O)N2CCC[C@H]2C(=O)N[C@@H](CN)C(=O)N[C@@H](CCC(N)=O)C(=O)N2C[C@H](O)C[C@H]2C(=O)N[C@@H](Cc2c[nH]c3ccccc23)C(=O)N[C@@H](CO)C(=O)N[C@@H](Cc2c[nH]c3ccccc23)C(=O)N1C. The first-order valence-electron chi connectivity index (χ1n) is 43.1. The molecule has 3 saturated heterocycles. The maximum Gasteiger partial charge on any atom is 0.305 e. The van der Waals surface area contributed by atoms with Crippen molar-refractivity contribution in [2.45, 2.75) is 221 Å². The molecule has 8 rings (SSSR count). The van der Waals surface area contributed by atoms with Gasteiger partial charge in [-0.1, -0.05) is 88.1 Å². The van der Waals surface area contributed by atoms with Crippen LogP contribution in [0.2, 0.25) is 0 Å². The number of H-pyrrole nitrogens is 2. The van der Waals surface area contributed by atoms with Gasteiger partial charge in [-0.05, 0) is 86.4 Å². The van der Waals surface area contributed by atoms with Gasteiger partial charge in [0.05, 0.1) is 31.4 Å². The Morgan fingerprint density at radius 3 is 1.62 bits per heavy atom. The molecule has 3 aliphatic rings. The van der Waals surface area contributed by atoms with Crippen LogP contribution >= 0.6 is 11.8 Å². The van der Waals surface area contributed by atoms with E-state index in [0.717, 1.165) is 31.5 Å². The topological polar surface area (TPSA) is 672 Å². The number of hydrogen-bond acceptors (Lipinski definition) is 24. The van der Waals surface area contributed by atoms with Crippen LogP contribution in [-0.2, 0) is 110 Å². The van der Waals surface area contributed by atoms with Crippen molar-refractivity contribution in [2.75, 3.05) is 65.4 Å². The number of benzene rings is 3. The number of rotatable bonds is 25. The molecule has 5 heterocycles. The van der Waals surface area contributed by atoms with Crippen LogP contribution in [0.1, 0.15) is 127 Å². The van der Waals surface area contributed by atoms with Crippen molar-refractivity contribution in [1.82, 2.24) is 87.6 Å². The Bertz CT molecular complexity index is 4990. The van der Waals surface area contributed by atoms with Crippen LogP contribution in [0.15, 0.2) is 85.2 Å². The van der Waals surface area contributed by atoms with E-state index >= 15 is 33.6 Å². The first kappa shape index (κ1) is 103. The predicted octanol–water partition coefficient (Wildman–Crippen LogP) is -4.52. The number of aliphatic hydroxyl groups excluding tert-OH is 2. The van der Waals surface area contributed by atoms with E-state index in [0.29, 0.717) is 63.1 Å². The lowest BCUT2D eigenvalue weighted by molar-refractivity contribution is -0.149.